The van der Waals surface area contributed by atoms with Crippen LogP contribution in [0.2, 0.25) is 0 Å². The van der Waals surface area contributed by atoms with E-state index in [1.54, 1.807) is 19.1 Å². The molecule has 4 fully saturated rings. The molecule has 4 aliphatic carbocycles. The van der Waals surface area contributed by atoms with Gasteiger partial charge >= 0.3 is 5.97 Å². The molecule has 0 heterocycles. The summed E-state index contributed by atoms with van der Waals surface area (Å²) in [5.74, 6) is 4.12. The van der Waals surface area contributed by atoms with Gasteiger partial charge in [0.2, 0.25) is 0 Å². The van der Waals surface area contributed by atoms with E-state index < -0.39 is 0 Å². The first-order chi connectivity index (χ1) is 13.2. The van der Waals surface area contributed by atoms with E-state index in [9.17, 15) is 4.79 Å². The van der Waals surface area contributed by atoms with E-state index in [-0.39, 0.29) is 5.97 Å². The van der Waals surface area contributed by atoms with Crippen molar-refractivity contribution in [3.8, 4) is 11.5 Å². The zero-order valence-corrected chi connectivity index (χ0v) is 15.8. The summed E-state index contributed by atoms with van der Waals surface area (Å²) < 4.78 is 11.0. The third-order valence-electron chi connectivity index (χ3n) is 7.02. The zero-order chi connectivity index (χ0) is 18.4. The Morgan fingerprint density at radius 1 is 0.926 bits per heavy atom. The number of carbonyl (C=O) groups is 1. The van der Waals surface area contributed by atoms with Crippen molar-refractivity contribution in [2.24, 2.45) is 17.8 Å². The van der Waals surface area contributed by atoms with Crippen LogP contribution in [0.4, 0.5) is 0 Å². The fourth-order valence-corrected chi connectivity index (χ4v) is 6.13. The molecule has 0 radical (unpaired) electrons. The Labute approximate surface area is 160 Å². The van der Waals surface area contributed by atoms with Crippen molar-refractivity contribution in [1.82, 2.24) is 0 Å². The first kappa shape index (κ1) is 16.9. The van der Waals surface area contributed by atoms with Crippen LogP contribution in [0.1, 0.15) is 54.9 Å². The van der Waals surface area contributed by atoms with Crippen LogP contribution in [0.15, 0.2) is 48.5 Å². The summed E-state index contributed by atoms with van der Waals surface area (Å²) in [6, 6.07) is 15.9. The molecule has 3 heteroatoms. The molecule has 3 nitrogen and oxygen atoms in total. The van der Waals surface area contributed by atoms with Gasteiger partial charge in [-0.1, -0.05) is 12.1 Å². The lowest BCUT2D eigenvalue weighted by Crippen LogP contribution is -2.27. The molecule has 27 heavy (non-hydrogen) atoms. The van der Waals surface area contributed by atoms with Gasteiger partial charge < -0.3 is 9.47 Å². The minimum Gasteiger partial charge on any atom is -0.462 e. The molecule has 0 N–H and O–H groups in total. The molecule has 0 spiro atoms. The molecule has 2 unspecified atom stereocenters. The highest BCUT2D eigenvalue weighted by Crippen LogP contribution is 2.65. The second kappa shape index (κ2) is 6.40. The standard InChI is InChI=1S/C24H26O3/c1-2-26-23(25)18-3-7-21(8-4-18)27-22-9-5-19(6-10-22)24-14-16-11-17(15-24)13-20(24)12-16/h3-10,16-17,20H,2,11-15H2,1H3. The van der Waals surface area contributed by atoms with E-state index in [0.29, 0.717) is 17.6 Å². The predicted molar refractivity (Wildman–Crippen MR) is 104 cm³/mol. The molecule has 140 valence electrons. The van der Waals surface area contributed by atoms with Crippen LogP contribution in [0.3, 0.4) is 0 Å². The number of hydrogen-bond acceptors (Lipinski definition) is 3. The lowest BCUT2D eigenvalue weighted by molar-refractivity contribution is 0.0526. The summed E-state index contributed by atoms with van der Waals surface area (Å²) in [7, 11) is 0. The van der Waals surface area contributed by atoms with Gasteiger partial charge in [0.25, 0.3) is 0 Å². The minimum absolute atomic E-state index is 0.298. The summed E-state index contributed by atoms with van der Waals surface area (Å²) in [6.45, 7) is 2.19. The highest BCUT2D eigenvalue weighted by atomic mass is 16.5. The summed E-state index contributed by atoms with van der Waals surface area (Å²) >= 11 is 0. The second-order valence-corrected chi connectivity index (χ2v) is 8.57. The third-order valence-corrected chi connectivity index (χ3v) is 7.02. The Bertz CT molecular complexity index is 823. The molecule has 0 aliphatic heterocycles. The summed E-state index contributed by atoms with van der Waals surface area (Å²) in [5.41, 5.74) is 2.51. The molecule has 0 aromatic heterocycles. The van der Waals surface area contributed by atoms with Crippen LogP contribution in [0.25, 0.3) is 0 Å². The second-order valence-electron chi connectivity index (χ2n) is 8.57. The molecule has 4 bridgehead atoms. The van der Waals surface area contributed by atoms with Gasteiger partial charge in [0.05, 0.1) is 12.2 Å². The maximum absolute atomic E-state index is 11.7. The number of esters is 1. The first-order valence-electron chi connectivity index (χ1n) is 10.2. The molecule has 0 amide bonds. The fourth-order valence-electron chi connectivity index (χ4n) is 6.13. The Kier molecular flexibility index (Phi) is 3.99. The molecule has 2 atom stereocenters. The number of benzene rings is 2. The molecule has 4 aliphatic rings. The minimum atomic E-state index is -0.298. The topological polar surface area (TPSA) is 35.5 Å². The SMILES string of the molecule is CCOC(=O)c1ccc(Oc2ccc(C34CC5CC(CC3C5)C4)cc2)cc1. The smallest absolute Gasteiger partial charge is 0.338 e. The van der Waals surface area contributed by atoms with Crippen molar-refractivity contribution in [1.29, 1.82) is 0 Å². The van der Waals surface area contributed by atoms with E-state index in [2.05, 4.69) is 24.3 Å². The largest absolute Gasteiger partial charge is 0.462 e. The van der Waals surface area contributed by atoms with Gasteiger partial charge in [-0.05, 0) is 104 Å². The number of rotatable bonds is 5. The Hall–Kier alpha value is -2.29. The highest BCUT2D eigenvalue weighted by molar-refractivity contribution is 5.89. The maximum Gasteiger partial charge on any atom is 0.338 e. The van der Waals surface area contributed by atoms with Gasteiger partial charge in [0.1, 0.15) is 11.5 Å². The quantitative estimate of drug-likeness (QED) is 0.637. The van der Waals surface area contributed by atoms with E-state index in [1.165, 1.54) is 37.7 Å². The summed E-state index contributed by atoms with van der Waals surface area (Å²) in [4.78, 5) is 11.7. The lowest BCUT2D eigenvalue weighted by atomic mass is 9.71. The van der Waals surface area contributed by atoms with Crippen molar-refractivity contribution >= 4 is 5.97 Å². The van der Waals surface area contributed by atoms with Crippen molar-refractivity contribution < 1.29 is 14.3 Å². The number of ether oxygens (including phenoxy) is 2. The monoisotopic (exact) mass is 362 g/mol. The molecular formula is C24H26O3. The molecule has 4 saturated carbocycles. The predicted octanol–water partition coefficient (Wildman–Crippen LogP) is 5.73. The van der Waals surface area contributed by atoms with E-state index in [1.807, 2.05) is 12.1 Å². The van der Waals surface area contributed by atoms with E-state index in [0.717, 1.165) is 29.3 Å². The van der Waals surface area contributed by atoms with Crippen LogP contribution in [0, 0.1) is 17.8 Å². The van der Waals surface area contributed by atoms with Crippen molar-refractivity contribution in [3.63, 3.8) is 0 Å². The molecule has 6 rings (SSSR count). The lowest BCUT2D eigenvalue weighted by Gasteiger charge is -2.33. The zero-order valence-electron chi connectivity index (χ0n) is 15.8. The maximum atomic E-state index is 11.7. The van der Waals surface area contributed by atoms with Crippen LogP contribution < -0.4 is 4.74 Å². The number of hydrogen-bond donors (Lipinski definition) is 0. The highest BCUT2D eigenvalue weighted by Gasteiger charge is 2.58. The molecular weight excluding hydrogens is 336 g/mol. The van der Waals surface area contributed by atoms with Crippen molar-refractivity contribution in [3.05, 3.63) is 59.7 Å². The molecule has 0 saturated heterocycles. The Morgan fingerprint density at radius 2 is 1.52 bits per heavy atom. The van der Waals surface area contributed by atoms with Gasteiger partial charge in [-0.25, -0.2) is 4.79 Å². The van der Waals surface area contributed by atoms with Crippen LogP contribution >= 0.6 is 0 Å². The van der Waals surface area contributed by atoms with Gasteiger partial charge in [-0.15, -0.1) is 0 Å². The van der Waals surface area contributed by atoms with Crippen LogP contribution in [0.5, 0.6) is 11.5 Å². The van der Waals surface area contributed by atoms with Gasteiger partial charge in [-0.2, -0.15) is 0 Å². The average Bonchev–Trinajstić information content (AvgIpc) is 3.08. The van der Waals surface area contributed by atoms with Crippen molar-refractivity contribution in [2.45, 2.75) is 44.4 Å². The Balaban J connectivity index is 1.29. The molecule has 2 aromatic rings. The Morgan fingerprint density at radius 3 is 2.11 bits per heavy atom. The first-order valence-corrected chi connectivity index (χ1v) is 10.2. The summed E-state index contributed by atoms with van der Waals surface area (Å²) in [6.07, 6.45) is 7.15. The summed E-state index contributed by atoms with van der Waals surface area (Å²) in [5, 5.41) is 0. The van der Waals surface area contributed by atoms with Crippen molar-refractivity contribution in [2.75, 3.05) is 6.61 Å². The van der Waals surface area contributed by atoms with Gasteiger partial charge in [0, 0.05) is 0 Å². The normalized spacial score (nSPS) is 30.5. The number of carbonyl (C=O) groups excluding carboxylic acids is 1. The fraction of sp³-hybridized carbons (Fsp3) is 0.458. The van der Waals surface area contributed by atoms with Crippen LogP contribution in [-0.2, 0) is 10.2 Å². The van der Waals surface area contributed by atoms with E-state index >= 15 is 0 Å². The van der Waals surface area contributed by atoms with Gasteiger partial charge in [0.15, 0.2) is 0 Å². The van der Waals surface area contributed by atoms with Gasteiger partial charge in [-0.3, -0.25) is 0 Å². The third kappa shape index (κ3) is 2.84. The average molecular weight is 362 g/mol. The van der Waals surface area contributed by atoms with Crippen LogP contribution in [-0.4, -0.2) is 12.6 Å². The molecule has 2 aromatic carbocycles. The van der Waals surface area contributed by atoms with E-state index in [4.69, 9.17) is 9.47 Å².